The molecule has 0 fully saturated rings. The average molecular weight is 369 g/mol. The van der Waals surface area contributed by atoms with Crippen molar-refractivity contribution >= 4 is 28.0 Å². The van der Waals surface area contributed by atoms with Gasteiger partial charge in [0.15, 0.2) is 0 Å². The summed E-state index contributed by atoms with van der Waals surface area (Å²) < 4.78 is 17.9. The Bertz CT molecular complexity index is 943. The van der Waals surface area contributed by atoms with Crippen molar-refractivity contribution in [2.45, 2.75) is 35.7 Å². The van der Waals surface area contributed by atoms with Gasteiger partial charge < -0.3 is 9.84 Å². The van der Waals surface area contributed by atoms with Crippen molar-refractivity contribution in [3.05, 3.63) is 60.4 Å². The molecular formula is C20H19NO4S. The lowest BCUT2D eigenvalue weighted by Crippen LogP contribution is -2.15. The summed E-state index contributed by atoms with van der Waals surface area (Å²) in [5.41, 5.74) is 0.693. The highest BCUT2D eigenvalue weighted by Gasteiger charge is 2.15. The van der Waals surface area contributed by atoms with Crippen LogP contribution < -0.4 is 0 Å². The van der Waals surface area contributed by atoms with Gasteiger partial charge in [-0.05, 0) is 36.8 Å². The van der Waals surface area contributed by atoms with Crippen LogP contribution in [0, 0.1) is 0 Å². The van der Waals surface area contributed by atoms with Crippen LogP contribution in [0.4, 0.5) is 0 Å². The second-order valence-corrected chi connectivity index (χ2v) is 7.33. The van der Waals surface area contributed by atoms with Gasteiger partial charge in [-0.2, -0.15) is 0 Å². The Balaban J connectivity index is 2.05. The summed E-state index contributed by atoms with van der Waals surface area (Å²) in [6.45, 7) is 2.36. The highest BCUT2D eigenvalue weighted by molar-refractivity contribution is 7.85. The summed E-state index contributed by atoms with van der Waals surface area (Å²) in [4.78, 5) is 16.3. The zero-order chi connectivity index (χ0) is 18.5. The van der Waals surface area contributed by atoms with Gasteiger partial charge in [0.25, 0.3) is 6.47 Å². The number of carbonyl (C=O) groups is 1. The SMILES string of the molecule is CCC(Cc1ncc(O)c2ccc(S(=O)c3ccccc3)cc12)OC=O. The smallest absolute Gasteiger partial charge is 0.293 e. The standard InChI is InChI=1S/C20H19NO4S/c1-2-14(25-13-22)10-19-18-11-16(8-9-17(18)20(23)12-21-19)26(24)15-6-4-3-5-7-15/h3-9,11-14,23H,2,10H2,1H3. The van der Waals surface area contributed by atoms with Crippen LogP contribution >= 0.6 is 0 Å². The van der Waals surface area contributed by atoms with Gasteiger partial charge in [0.1, 0.15) is 11.9 Å². The molecule has 5 nitrogen and oxygen atoms in total. The van der Waals surface area contributed by atoms with E-state index in [0.29, 0.717) is 45.6 Å². The fourth-order valence-electron chi connectivity index (χ4n) is 2.80. The number of hydrogen-bond acceptors (Lipinski definition) is 5. The summed E-state index contributed by atoms with van der Waals surface area (Å²) in [6, 6.07) is 14.5. The molecular weight excluding hydrogens is 350 g/mol. The predicted octanol–water partition coefficient (Wildman–Crippen LogP) is 3.60. The van der Waals surface area contributed by atoms with Crippen LogP contribution in [0.25, 0.3) is 10.8 Å². The maximum atomic E-state index is 12.8. The lowest BCUT2D eigenvalue weighted by Gasteiger charge is -2.15. The van der Waals surface area contributed by atoms with Crippen LogP contribution in [0.15, 0.2) is 64.5 Å². The molecule has 26 heavy (non-hydrogen) atoms. The van der Waals surface area contributed by atoms with E-state index in [1.807, 2.05) is 37.3 Å². The fourth-order valence-corrected chi connectivity index (χ4v) is 3.90. The molecule has 0 saturated carbocycles. The Morgan fingerprint density at radius 3 is 2.62 bits per heavy atom. The van der Waals surface area contributed by atoms with E-state index in [0.717, 1.165) is 0 Å². The molecule has 134 valence electrons. The highest BCUT2D eigenvalue weighted by atomic mass is 32.2. The zero-order valence-electron chi connectivity index (χ0n) is 14.3. The number of pyridine rings is 1. The van der Waals surface area contributed by atoms with Gasteiger partial charge in [-0.15, -0.1) is 0 Å². The van der Waals surface area contributed by atoms with Crippen molar-refractivity contribution in [3.8, 4) is 5.75 Å². The Morgan fingerprint density at radius 1 is 1.15 bits per heavy atom. The van der Waals surface area contributed by atoms with Crippen LogP contribution in [-0.4, -0.2) is 26.9 Å². The minimum atomic E-state index is -1.33. The number of carbonyl (C=O) groups excluding carboxylic acids is 1. The second kappa shape index (κ2) is 8.10. The van der Waals surface area contributed by atoms with Gasteiger partial charge in [0.2, 0.25) is 0 Å². The topological polar surface area (TPSA) is 76.5 Å². The van der Waals surface area contributed by atoms with E-state index >= 15 is 0 Å². The molecule has 6 heteroatoms. The van der Waals surface area contributed by atoms with E-state index in [1.54, 1.807) is 18.2 Å². The third kappa shape index (κ3) is 3.75. The molecule has 0 spiro atoms. The molecule has 1 aromatic heterocycles. The number of aromatic nitrogens is 1. The van der Waals surface area contributed by atoms with Crippen molar-refractivity contribution in [1.82, 2.24) is 4.98 Å². The molecule has 0 saturated heterocycles. The molecule has 0 aliphatic heterocycles. The van der Waals surface area contributed by atoms with Crippen molar-refractivity contribution in [1.29, 1.82) is 0 Å². The van der Waals surface area contributed by atoms with E-state index < -0.39 is 10.8 Å². The van der Waals surface area contributed by atoms with E-state index in [4.69, 9.17) is 4.74 Å². The van der Waals surface area contributed by atoms with Gasteiger partial charge in [-0.1, -0.05) is 25.1 Å². The molecule has 0 amide bonds. The number of ether oxygens (including phenoxy) is 1. The Hall–Kier alpha value is -2.73. The normalized spacial score (nSPS) is 13.3. The van der Waals surface area contributed by atoms with Crippen molar-refractivity contribution in [2.75, 3.05) is 0 Å². The second-order valence-electron chi connectivity index (χ2n) is 5.85. The molecule has 3 aromatic rings. The Morgan fingerprint density at radius 2 is 1.92 bits per heavy atom. The highest BCUT2D eigenvalue weighted by Crippen LogP contribution is 2.30. The molecule has 2 aromatic carbocycles. The van der Waals surface area contributed by atoms with Gasteiger partial charge in [-0.3, -0.25) is 9.78 Å². The van der Waals surface area contributed by atoms with Crippen LogP contribution in [0.1, 0.15) is 19.0 Å². The number of fused-ring (bicyclic) bond motifs is 1. The molecule has 1 heterocycles. The third-order valence-corrected chi connectivity index (χ3v) is 5.60. The monoisotopic (exact) mass is 369 g/mol. The fraction of sp³-hybridized carbons (Fsp3) is 0.200. The van der Waals surface area contributed by atoms with Gasteiger partial charge in [-0.25, -0.2) is 4.21 Å². The lowest BCUT2D eigenvalue weighted by atomic mass is 10.0. The largest absolute Gasteiger partial charge is 0.506 e. The first-order valence-electron chi connectivity index (χ1n) is 8.30. The minimum absolute atomic E-state index is 0.0603. The Kier molecular flexibility index (Phi) is 5.63. The Labute approximate surface area is 154 Å². The molecule has 0 aliphatic rings. The quantitative estimate of drug-likeness (QED) is 0.644. The molecule has 3 rings (SSSR count). The van der Waals surface area contributed by atoms with Gasteiger partial charge in [0, 0.05) is 27.0 Å². The van der Waals surface area contributed by atoms with Crippen LogP contribution in [-0.2, 0) is 26.8 Å². The van der Waals surface area contributed by atoms with Crippen molar-refractivity contribution in [2.24, 2.45) is 0 Å². The summed E-state index contributed by atoms with van der Waals surface area (Å²) in [6.07, 6.45) is 2.17. The minimum Gasteiger partial charge on any atom is -0.506 e. The van der Waals surface area contributed by atoms with E-state index in [9.17, 15) is 14.1 Å². The van der Waals surface area contributed by atoms with Gasteiger partial charge >= 0.3 is 0 Å². The predicted molar refractivity (Wildman–Crippen MR) is 99.5 cm³/mol. The first kappa shape index (κ1) is 18.1. The first-order valence-corrected chi connectivity index (χ1v) is 9.45. The summed E-state index contributed by atoms with van der Waals surface area (Å²) in [7, 11) is -1.33. The molecule has 0 radical (unpaired) electrons. The summed E-state index contributed by atoms with van der Waals surface area (Å²) >= 11 is 0. The molecule has 2 unspecified atom stereocenters. The summed E-state index contributed by atoms with van der Waals surface area (Å²) in [5, 5.41) is 11.4. The van der Waals surface area contributed by atoms with E-state index in [-0.39, 0.29) is 11.9 Å². The molecule has 0 bridgehead atoms. The third-order valence-electron chi connectivity index (χ3n) is 4.22. The maximum Gasteiger partial charge on any atom is 0.293 e. The number of benzene rings is 2. The molecule has 0 aliphatic carbocycles. The zero-order valence-corrected chi connectivity index (χ0v) is 15.1. The van der Waals surface area contributed by atoms with Crippen molar-refractivity contribution in [3.63, 3.8) is 0 Å². The number of rotatable bonds is 7. The number of hydrogen-bond donors (Lipinski definition) is 1. The van der Waals surface area contributed by atoms with Gasteiger partial charge in [0.05, 0.1) is 22.7 Å². The van der Waals surface area contributed by atoms with Crippen molar-refractivity contribution < 1.29 is 18.8 Å². The van der Waals surface area contributed by atoms with Crippen LogP contribution in [0.5, 0.6) is 5.75 Å². The van der Waals surface area contributed by atoms with E-state index in [2.05, 4.69) is 4.98 Å². The maximum absolute atomic E-state index is 12.8. The lowest BCUT2D eigenvalue weighted by molar-refractivity contribution is -0.133. The van der Waals surface area contributed by atoms with E-state index in [1.165, 1.54) is 6.20 Å². The first-order chi connectivity index (χ1) is 12.6. The molecule has 1 N–H and O–H groups in total. The molecule has 2 atom stereocenters. The van der Waals surface area contributed by atoms with Crippen LogP contribution in [0.2, 0.25) is 0 Å². The summed E-state index contributed by atoms with van der Waals surface area (Å²) in [5.74, 6) is 0.0603. The number of nitrogens with zero attached hydrogens (tertiary/aromatic N) is 1. The van der Waals surface area contributed by atoms with Crippen LogP contribution in [0.3, 0.4) is 0 Å². The number of aromatic hydroxyl groups is 1. The average Bonchev–Trinajstić information content (AvgIpc) is 2.69.